The average Bonchev–Trinajstić information content (AvgIpc) is 3.39. The van der Waals surface area contributed by atoms with Crippen LogP contribution in [0.3, 0.4) is 0 Å². The van der Waals surface area contributed by atoms with E-state index in [1.54, 1.807) is 11.9 Å². The Kier molecular flexibility index (Phi) is 4.86. The topological polar surface area (TPSA) is 74.8 Å². The first-order valence-corrected chi connectivity index (χ1v) is 9.61. The average molecular weight is 347 g/mol. The first-order valence-electron chi connectivity index (χ1n) is 8.73. The van der Waals surface area contributed by atoms with Gasteiger partial charge in [-0.1, -0.05) is 31.0 Å². The van der Waals surface area contributed by atoms with Crippen molar-refractivity contribution in [1.82, 2.24) is 19.7 Å². The zero-order chi connectivity index (χ0) is 17.3. The summed E-state index contributed by atoms with van der Waals surface area (Å²) >= 11 is 1.43. The summed E-state index contributed by atoms with van der Waals surface area (Å²) in [6.07, 6.45) is 7.09. The number of rotatable bonds is 5. The minimum atomic E-state index is -0.636. The van der Waals surface area contributed by atoms with E-state index >= 15 is 0 Å². The maximum atomic E-state index is 12.9. The smallest absolute Gasteiger partial charge is 0.236 e. The molecule has 7 heteroatoms. The molecule has 6 nitrogen and oxygen atoms in total. The first kappa shape index (κ1) is 17.3. The fourth-order valence-corrected chi connectivity index (χ4v) is 4.39. The van der Waals surface area contributed by atoms with Gasteiger partial charge < -0.3 is 9.47 Å². The van der Waals surface area contributed by atoms with Gasteiger partial charge in [0.2, 0.25) is 5.91 Å². The third kappa shape index (κ3) is 3.16. The molecule has 1 atom stereocenters. The monoisotopic (exact) mass is 347 g/mol. The Hall–Kier alpha value is -1.55. The van der Waals surface area contributed by atoms with Gasteiger partial charge in [-0.15, -0.1) is 10.2 Å². The number of amides is 1. The molecule has 3 rings (SSSR count). The molecule has 0 aliphatic heterocycles. The molecule has 2 saturated carbocycles. The number of aromatic nitrogens is 3. The van der Waals surface area contributed by atoms with Gasteiger partial charge in [-0.3, -0.25) is 4.79 Å². The summed E-state index contributed by atoms with van der Waals surface area (Å²) in [5, 5.41) is 18.7. The molecule has 0 unspecified atom stereocenters. The van der Waals surface area contributed by atoms with Gasteiger partial charge in [0, 0.05) is 20.0 Å². The number of carbonyl (C=O) groups is 1. The third-order valence-corrected chi connectivity index (χ3v) is 6.42. The Morgan fingerprint density at radius 2 is 2.04 bits per heavy atom. The SMILES string of the molecule is C[C@H](Sc1nnc(C2CC2)n1C)C(=O)N(C)C1(C#N)CCCCC1. The van der Waals surface area contributed by atoms with Gasteiger partial charge in [-0.05, 0) is 32.6 Å². The van der Waals surface area contributed by atoms with Crippen LogP contribution in [0.1, 0.15) is 63.6 Å². The molecule has 0 spiro atoms. The van der Waals surface area contributed by atoms with Crippen molar-refractivity contribution >= 4 is 17.7 Å². The van der Waals surface area contributed by atoms with E-state index in [0.717, 1.165) is 43.1 Å². The van der Waals surface area contributed by atoms with Gasteiger partial charge >= 0.3 is 0 Å². The zero-order valence-corrected chi connectivity index (χ0v) is 15.5. The highest BCUT2D eigenvalue weighted by molar-refractivity contribution is 8.00. The van der Waals surface area contributed by atoms with Crippen molar-refractivity contribution < 1.29 is 4.79 Å². The van der Waals surface area contributed by atoms with Gasteiger partial charge in [0.1, 0.15) is 11.4 Å². The molecular weight excluding hydrogens is 322 g/mol. The summed E-state index contributed by atoms with van der Waals surface area (Å²) in [4.78, 5) is 14.6. The van der Waals surface area contributed by atoms with Crippen molar-refractivity contribution in [2.75, 3.05) is 7.05 Å². The van der Waals surface area contributed by atoms with Crippen LogP contribution in [0.15, 0.2) is 5.16 Å². The normalized spacial score (nSPS) is 21.1. The van der Waals surface area contributed by atoms with Crippen molar-refractivity contribution in [3.63, 3.8) is 0 Å². The standard InChI is InChI=1S/C17H25N5OS/c1-12(24-16-20-19-14(21(16)2)13-7-8-13)15(23)22(3)17(11-18)9-5-4-6-10-17/h12-13H,4-10H2,1-3H3/t12-/m0/s1. The molecule has 0 aromatic carbocycles. The Morgan fingerprint density at radius 3 is 2.62 bits per heavy atom. The molecule has 130 valence electrons. The Balaban J connectivity index is 1.69. The lowest BCUT2D eigenvalue weighted by molar-refractivity contribution is -0.133. The summed E-state index contributed by atoms with van der Waals surface area (Å²) in [5.74, 6) is 1.56. The van der Waals surface area contributed by atoms with Gasteiger partial charge in [-0.25, -0.2) is 0 Å². The second-order valence-electron chi connectivity index (χ2n) is 7.04. The number of hydrogen-bond acceptors (Lipinski definition) is 5. The van der Waals surface area contributed by atoms with Crippen molar-refractivity contribution in [1.29, 1.82) is 5.26 Å². The Labute approximate surface area is 147 Å². The molecule has 2 fully saturated rings. The molecule has 0 radical (unpaired) electrons. The predicted octanol–water partition coefficient (Wildman–Crippen LogP) is 2.86. The van der Waals surface area contributed by atoms with E-state index in [1.807, 2.05) is 18.5 Å². The van der Waals surface area contributed by atoms with Gasteiger partial charge in [-0.2, -0.15) is 5.26 Å². The molecule has 2 aliphatic rings. The van der Waals surface area contributed by atoms with Gasteiger partial charge in [0.25, 0.3) is 0 Å². The summed E-state index contributed by atoms with van der Waals surface area (Å²) in [5.41, 5.74) is -0.636. The number of carbonyl (C=O) groups excluding carboxylic acids is 1. The third-order valence-electron chi connectivity index (χ3n) is 5.30. The lowest BCUT2D eigenvalue weighted by Crippen LogP contribution is -2.52. The molecule has 0 bridgehead atoms. The van der Waals surface area contributed by atoms with E-state index < -0.39 is 5.54 Å². The van der Waals surface area contributed by atoms with Crippen LogP contribution in [-0.4, -0.2) is 43.4 Å². The van der Waals surface area contributed by atoms with Crippen molar-refractivity contribution in [3.05, 3.63) is 5.82 Å². The van der Waals surface area contributed by atoms with Gasteiger partial charge in [0.15, 0.2) is 5.16 Å². The molecule has 2 aliphatic carbocycles. The van der Waals surface area contributed by atoms with Crippen LogP contribution in [0, 0.1) is 11.3 Å². The molecule has 1 amide bonds. The van der Waals surface area contributed by atoms with Crippen molar-refractivity contribution in [3.8, 4) is 6.07 Å². The first-order chi connectivity index (χ1) is 11.5. The zero-order valence-electron chi connectivity index (χ0n) is 14.7. The fourth-order valence-electron chi connectivity index (χ4n) is 3.48. The summed E-state index contributed by atoms with van der Waals surface area (Å²) in [6.45, 7) is 1.89. The van der Waals surface area contributed by atoms with E-state index in [9.17, 15) is 10.1 Å². The lowest BCUT2D eigenvalue weighted by Gasteiger charge is -2.40. The fraction of sp³-hybridized carbons (Fsp3) is 0.765. The van der Waals surface area contributed by atoms with E-state index in [1.165, 1.54) is 24.6 Å². The minimum Gasteiger partial charge on any atom is -0.326 e. The maximum absolute atomic E-state index is 12.9. The molecule has 0 N–H and O–H groups in total. The lowest BCUT2D eigenvalue weighted by atomic mass is 9.81. The molecule has 24 heavy (non-hydrogen) atoms. The highest BCUT2D eigenvalue weighted by Crippen LogP contribution is 2.40. The van der Waals surface area contributed by atoms with E-state index in [2.05, 4.69) is 16.3 Å². The predicted molar refractivity (Wildman–Crippen MR) is 92.5 cm³/mol. The summed E-state index contributed by atoms with van der Waals surface area (Å²) in [6, 6.07) is 2.42. The molecule has 0 saturated heterocycles. The molecule has 1 aromatic heterocycles. The number of nitriles is 1. The highest BCUT2D eigenvalue weighted by atomic mass is 32.2. The van der Waals surface area contributed by atoms with Crippen LogP contribution in [-0.2, 0) is 11.8 Å². The Morgan fingerprint density at radius 1 is 1.38 bits per heavy atom. The number of thioether (sulfide) groups is 1. The van der Waals surface area contributed by atoms with Crippen LogP contribution >= 0.6 is 11.8 Å². The largest absolute Gasteiger partial charge is 0.326 e. The second kappa shape index (κ2) is 6.75. The summed E-state index contributed by atoms with van der Waals surface area (Å²) < 4.78 is 2.01. The summed E-state index contributed by atoms with van der Waals surface area (Å²) in [7, 11) is 3.75. The van der Waals surface area contributed by atoms with Crippen molar-refractivity contribution in [2.45, 2.75) is 73.7 Å². The minimum absolute atomic E-state index is 0.000535. The molecule has 1 aromatic rings. The quantitative estimate of drug-likeness (QED) is 0.766. The van der Waals surface area contributed by atoms with Crippen LogP contribution in [0.5, 0.6) is 0 Å². The van der Waals surface area contributed by atoms with Crippen molar-refractivity contribution in [2.24, 2.45) is 7.05 Å². The number of nitrogens with zero attached hydrogens (tertiary/aromatic N) is 5. The van der Waals surface area contributed by atoms with Crippen LogP contribution in [0.4, 0.5) is 0 Å². The second-order valence-corrected chi connectivity index (χ2v) is 8.34. The van der Waals surface area contributed by atoms with Crippen LogP contribution in [0.25, 0.3) is 0 Å². The van der Waals surface area contributed by atoms with Gasteiger partial charge in [0.05, 0.1) is 11.3 Å². The van der Waals surface area contributed by atoms with E-state index in [0.29, 0.717) is 5.92 Å². The van der Waals surface area contributed by atoms with Crippen LogP contribution in [0.2, 0.25) is 0 Å². The van der Waals surface area contributed by atoms with E-state index in [4.69, 9.17) is 0 Å². The molecule has 1 heterocycles. The maximum Gasteiger partial charge on any atom is 0.236 e. The Bertz CT molecular complexity index is 654. The number of hydrogen-bond donors (Lipinski definition) is 0. The van der Waals surface area contributed by atoms with E-state index in [-0.39, 0.29) is 11.2 Å². The van der Waals surface area contributed by atoms with Crippen LogP contribution < -0.4 is 0 Å². The highest BCUT2D eigenvalue weighted by Gasteiger charge is 2.40. The molecular formula is C17H25N5OS.